The SMILES string of the molecule is CC.CCC(=O)/C=C/C(N)=O. The monoisotopic (exact) mass is 157 g/mol. The Morgan fingerprint density at radius 3 is 2.00 bits per heavy atom. The summed E-state index contributed by atoms with van der Waals surface area (Å²) in [5.74, 6) is -0.675. The fourth-order valence-corrected chi connectivity index (χ4v) is 0.293. The zero-order valence-corrected chi connectivity index (χ0v) is 7.26. The maximum Gasteiger partial charge on any atom is 0.241 e. The van der Waals surface area contributed by atoms with Crippen LogP contribution in [0.15, 0.2) is 12.2 Å². The molecule has 3 nitrogen and oxygen atoms in total. The van der Waals surface area contributed by atoms with Crippen LogP contribution in [0.5, 0.6) is 0 Å². The first-order chi connectivity index (χ1) is 5.16. The van der Waals surface area contributed by atoms with Crippen LogP contribution in [0.1, 0.15) is 27.2 Å². The van der Waals surface area contributed by atoms with Crippen molar-refractivity contribution in [3.05, 3.63) is 12.2 Å². The van der Waals surface area contributed by atoms with Gasteiger partial charge in [-0.3, -0.25) is 9.59 Å². The van der Waals surface area contributed by atoms with E-state index in [1.807, 2.05) is 13.8 Å². The molecule has 0 aliphatic rings. The van der Waals surface area contributed by atoms with E-state index in [9.17, 15) is 9.59 Å². The molecule has 0 aromatic heterocycles. The van der Waals surface area contributed by atoms with E-state index in [2.05, 4.69) is 0 Å². The Morgan fingerprint density at radius 2 is 1.73 bits per heavy atom. The molecule has 0 rings (SSSR count). The number of ketones is 1. The van der Waals surface area contributed by atoms with Gasteiger partial charge in [0, 0.05) is 12.5 Å². The number of allylic oxidation sites excluding steroid dienone is 1. The highest BCUT2D eigenvalue weighted by molar-refractivity contribution is 5.96. The highest BCUT2D eigenvalue weighted by atomic mass is 16.1. The molecule has 0 bridgehead atoms. The van der Waals surface area contributed by atoms with Crippen LogP contribution >= 0.6 is 0 Å². The van der Waals surface area contributed by atoms with Gasteiger partial charge in [0.25, 0.3) is 0 Å². The van der Waals surface area contributed by atoms with Gasteiger partial charge in [0.2, 0.25) is 5.91 Å². The average Bonchev–Trinajstić information content (AvgIpc) is 2.04. The molecular weight excluding hydrogens is 142 g/mol. The summed E-state index contributed by atoms with van der Waals surface area (Å²) in [5.41, 5.74) is 4.72. The molecule has 0 saturated heterocycles. The summed E-state index contributed by atoms with van der Waals surface area (Å²) >= 11 is 0. The summed E-state index contributed by atoms with van der Waals surface area (Å²) in [5, 5.41) is 0. The van der Waals surface area contributed by atoms with Crippen LogP contribution in [-0.2, 0) is 9.59 Å². The maximum absolute atomic E-state index is 10.4. The summed E-state index contributed by atoms with van der Waals surface area (Å²) in [6.07, 6.45) is 2.65. The summed E-state index contributed by atoms with van der Waals surface area (Å²) in [6.45, 7) is 5.72. The molecule has 0 aromatic rings. The quantitative estimate of drug-likeness (QED) is 0.622. The zero-order chi connectivity index (χ0) is 9.28. The van der Waals surface area contributed by atoms with Gasteiger partial charge in [0.05, 0.1) is 0 Å². The van der Waals surface area contributed by atoms with E-state index in [1.165, 1.54) is 6.08 Å². The molecule has 0 atom stereocenters. The molecule has 11 heavy (non-hydrogen) atoms. The number of carbonyl (C=O) groups is 2. The van der Waals surface area contributed by atoms with Gasteiger partial charge in [-0.2, -0.15) is 0 Å². The number of carbonyl (C=O) groups excluding carboxylic acids is 2. The van der Waals surface area contributed by atoms with E-state index in [0.29, 0.717) is 6.42 Å². The van der Waals surface area contributed by atoms with Crippen LogP contribution < -0.4 is 5.73 Å². The topological polar surface area (TPSA) is 60.2 Å². The second-order valence-electron chi connectivity index (χ2n) is 1.56. The molecule has 0 spiro atoms. The highest BCUT2D eigenvalue weighted by Gasteiger charge is 1.89. The third kappa shape index (κ3) is 12.2. The molecule has 0 aliphatic carbocycles. The number of amides is 1. The van der Waals surface area contributed by atoms with Gasteiger partial charge in [-0.05, 0) is 6.08 Å². The first-order valence-corrected chi connectivity index (χ1v) is 3.67. The summed E-state index contributed by atoms with van der Waals surface area (Å²) < 4.78 is 0. The molecule has 1 amide bonds. The second kappa shape index (κ2) is 8.88. The maximum atomic E-state index is 10.4. The minimum atomic E-state index is -0.586. The molecule has 0 aromatic carbocycles. The summed E-state index contributed by atoms with van der Waals surface area (Å²) in [6, 6.07) is 0. The number of primary amides is 1. The molecule has 64 valence electrons. The lowest BCUT2D eigenvalue weighted by atomic mass is 10.3. The number of nitrogens with two attached hydrogens (primary N) is 1. The van der Waals surface area contributed by atoms with Gasteiger partial charge in [0.1, 0.15) is 0 Å². The largest absolute Gasteiger partial charge is 0.366 e. The fraction of sp³-hybridized carbons (Fsp3) is 0.500. The third-order valence-electron chi connectivity index (χ3n) is 0.782. The molecule has 0 unspecified atom stereocenters. The Balaban J connectivity index is 0. The normalized spacial score (nSPS) is 8.64. The van der Waals surface area contributed by atoms with E-state index in [4.69, 9.17) is 5.73 Å². The molecule has 0 radical (unpaired) electrons. The predicted molar refractivity (Wildman–Crippen MR) is 45.0 cm³/mol. The minimum absolute atomic E-state index is 0.0891. The van der Waals surface area contributed by atoms with E-state index < -0.39 is 5.91 Å². The van der Waals surface area contributed by atoms with Crippen molar-refractivity contribution in [3.63, 3.8) is 0 Å². The molecular formula is C8H15NO2. The van der Waals surface area contributed by atoms with E-state index in [0.717, 1.165) is 6.08 Å². The number of hydrogen-bond donors (Lipinski definition) is 1. The third-order valence-corrected chi connectivity index (χ3v) is 0.782. The van der Waals surface area contributed by atoms with E-state index in [1.54, 1.807) is 6.92 Å². The standard InChI is InChI=1S/C6H9NO2.C2H6/c1-2-5(8)3-4-6(7)9;1-2/h3-4H,2H2,1H3,(H2,7,9);1-2H3/b4-3+;. The highest BCUT2D eigenvalue weighted by Crippen LogP contribution is 1.81. The van der Waals surface area contributed by atoms with Gasteiger partial charge >= 0.3 is 0 Å². The van der Waals surface area contributed by atoms with Gasteiger partial charge in [-0.25, -0.2) is 0 Å². The zero-order valence-electron chi connectivity index (χ0n) is 7.26. The van der Waals surface area contributed by atoms with Crippen LogP contribution in [0.2, 0.25) is 0 Å². The van der Waals surface area contributed by atoms with E-state index in [-0.39, 0.29) is 5.78 Å². The fourth-order valence-electron chi connectivity index (χ4n) is 0.293. The van der Waals surface area contributed by atoms with Gasteiger partial charge in [-0.1, -0.05) is 20.8 Å². The van der Waals surface area contributed by atoms with Crippen molar-refractivity contribution in [2.75, 3.05) is 0 Å². The van der Waals surface area contributed by atoms with Gasteiger partial charge in [0.15, 0.2) is 5.78 Å². The lowest BCUT2D eigenvalue weighted by molar-refractivity contribution is -0.116. The molecule has 0 fully saturated rings. The lowest BCUT2D eigenvalue weighted by Gasteiger charge is -1.81. The predicted octanol–water partition coefficient (Wildman–Crippen LogP) is 1.03. The first kappa shape index (κ1) is 12.5. The number of hydrogen-bond acceptors (Lipinski definition) is 2. The van der Waals surface area contributed by atoms with Crippen molar-refractivity contribution in [2.24, 2.45) is 5.73 Å². The molecule has 0 saturated carbocycles. The molecule has 0 aliphatic heterocycles. The van der Waals surface area contributed by atoms with Crippen LogP contribution in [0, 0.1) is 0 Å². The van der Waals surface area contributed by atoms with Gasteiger partial charge < -0.3 is 5.73 Å². The van der Waals surface area contributed by atoms with Crippen LogP contribution in [0.25, 0.3) is 0 Å². The van der Waals surface area contributed by atoms with Crippen LogP contribution in [0.3, 0.4) is 0 Å². The summed E-state index contributed by atoms with van der Waals surface area (Å²) in [4.78, 5) is 20.4. The lowest BCUT2D eigenvalue weighted by Crippen LogP contribution is -2.06. The number of rotatable bonds is 3. The molecule has 2 N–H and O–H groups in total. The van der Waals surface area contributed by atoms with Crippen molar-refractivity contribution in [1.29, 1.82) is 0 Å². The Hall–Kier alpha value is -1.12. The van der Waals surface area contributed by atoms with E-state index >= 15 is 0 Å². The summed E-state index contributed by atoms with van der Waals surface area (Å²) in [7, 11) is 0. The van der Waals surface area contributed by atoms with Crippen molar-refractivity contribution in [2.45, 2.75) is 27.2 Å². The van der Waals surface area contributed by atoms with Crippen molar-refractivity contribution >= 4 is 11.7 Å². The Morgan fingerprint density at radius 1 is 1.27 bits per heavy atom. The average molecular weight is 157 g/mol. The van der Waals surface area contributed by atoms with Crippen LogP contribution in [-0.4, -0.2) is 11.7 Å². The van der Waals surface area contributed by atoms with Crippen molar-refractivity contribution in [3.8, 4) is 0 Å². The molecule has 3 heteroatoms. The minimum Gasteiger partial charge on any atom is -0.366 e. The Bertz CT molecular complexity index is 150. The van der Waals surface area contributed by atoms with Gasteiger partial charge in [-0.15, -0.1) is 0 Å². The Kier molecular flexibility index (Phi) is 10.1. The van der Waals surface area contributed by atoms with Crippen LogP contribution in [0.4, 0.5) is 0 Å². The first-order valence-electron chi connectivity index (χ1n) is 3.67. The Labute approximate surface area is 67.3 Å². The van der Waals surface area contributed by atoms with Crippen molar-refractivity contribution in [1.82, 2.24) is 0 Å². The van der Waals surface area contributed by atoms with Crippen molar-refractivity contribution < 1.29 is 9.59 Å². The smallest absolute Gasteiger partial charge is 0.241 e. The molecule has 0 heterocycles. The second-order valence-corrected chi connectivity index (χ2v) is 1.56.